The molecule has 2 aliphatic carbocycles. The van der Waals surface area contributed by atoms with Crippen molar-refractivity contribution in [2.45, 2.75) is 13.8 Å². The molecule has 1 heterocycles. The molecule has 0 unspecified atom stereocenters. The van der Waals surface area contributed by atoms with Crippen molar-refractivity contribution in [3.05, 3.63) is 47.1 Å². The molecule has 8 heteroatoms. The first-order valence-electron chi connectivity index (χ1n) is 7.08. The Hall–Kier alpha value is -3.42. The van der Waals surface area contributed by atoms with Gasteiger partial charge in [0.2, 0.25) is 11.8 Å². The van der Waals surface area contributed by atoms with Crippen LogP contribution in [-0.2, 0) is 9.59 Å². The molecule has 8 nitrogen and oxygen atoms in total. The van der Waals surface area contributed by atoms with E-state index in [1.165, 1.54) is 26.0 Å². The number of aromatic nitrogens is 2. The van der Waals surface area contributed by atoms with Gasteiger partial charge in [0.1, 0.15) is 11.4 Å². The molecule has 0 aromatic carbocycles. The lowest BCUT2D eigenvalue weighted by Gasteiger charge is -2.20. The summed E-state index contributed by atoms with van der Waals surface area (Å²) in [4.78, 5) is 30.9. The summed E-state index contributed by atoms with van der Waals surface area (Å²) in [5, 5.41) is 21.1. The quantitative estimate of drug-likeness (QED) is 0.472. The largest absolute Gasteiger partial charge is 0.410 e. The van der Waals surface area contributed by atoms with Crippen molar-refractivity contribution in [1.29, 1.82) is 0 Å². The minimum absolute atomic E-state index is 0.267. The van der Waals surface area contributed by atoms with Crippen LogP contribution in [0.25, 0.3) is 22.5 Å². The smallest absolute Gasteiger partial charge is 0.243 e. The van der Waals surface area contributed by atoms with Crippen LogP contribution in [0, 0.1) is 0 Å². The second-order valence-electron chi connectivity index (χ2n) is 5.24. The third kappa shape index (κ3) is 2.65. The molecule has 122 valence electrons. The van der Waals surface area contributed by atoms with E-state index < -0.39 is 0 Å². The molecule has 0 saturated heterocycles. The molecule has 0 bridgehead atoms. The van der Waals surface area contributed by atoms with Crippen LogP contribution in [0.4, 0.5) is 0 Å². The third-order valence-corrected chi connectivity index (χ3v) is 3.44. The van der Waals surface area contributed by atoms with Gasteiger partial charge in [-0.2, -0.15) is 0 Å². The lowest BCUT2D eigenvalue weighted by atomic mass is 9.99. The van der Waals surface area contributed by atoms with E-state index in [0.717, 1.165) is 0 Å². The van der Waals surface area contributed by atoms with Gasteiger partial charge in [0.05, 0.1) is 10.7 Å². The number of rotatable bonds is 0. The minimum Gasteiger partial charge on any atom is -0.410 e. The molecule has 24 heavy (non-hydrogen) atoms. The van der Waals surface area contributed by atoms with Crippen molar-refractivity contribution in [1.82, 2.24) is 9.69 Å². The topological polar surface area (TPSA) is 109 Å². The van der Waals surface area contributed by atoms with Gasteiger partial charge in [0.15, 0.2) is 0 Å². The SMILES string of the molecule is CC(=O)N=c1ccc2c3ccc(=NC(C)=O)cc-3n(O)n(O)c-2c1. The summed E-state index contributed by atoms with van der Waals surface area (Å²) in [6.45, 7) is 2.65. The zero-order valence-corrected chi connectivity index (χ0v) is 13.0. The van der Waals surface area contributed by atoms with Gasteiger partial charge < -0.3 is 10.4 Å². The molecule has 0 atom stereocenters. The maximum Gasteiger partial charge on any atom is 0.243 e. The van der Waals surface area contributed by atoms with Crippen molar-refractivity contribution in [3.8, 4) is 22.5 Å². The van der Waals surface area contributed by atoms with Gasteiger partial charge in [-0.05, 0) is 36.4 Å². The summed E-state index contributed by atoms with van der Waals surface area (Å²) in [6, 6.07) is 9.62. The molecule has 3 rings (SSSR count). The van der Waals surface area contributed by atoms with E-state index in [1.807, 2.05) is 0 Å². The highest BCUT2D eigenvalue weighted by atomic mass is 16.6. The second-order valence-corrected chi connectivity index (χ2v) is 5.24. The predicted octanol–water partition coefficient (Wildman–Crippen LogP) is 0.868. The van der Waals surface area contributed by atoms with Crippen molar-refractivity contribution < 1.29 is 20.0 Å². The minimum atomic E-state index is -0.369. The Bertz CT molecular complexity index is 961. The molecular formula is C16H14N4O4. The molecule has 2 N–H and O–H groups in total. The Morgan fingerprint density at radius 3 is 1.50 bits per heavy atom. The van der Waals surface area contributed by atoms with Crippen molar-refractivity contribution in [2.75, 3.05) is 0 Å². The summed E-state index contributed by atoms with van der Waals surface area (Å²) in [7, 11) is 0. The second kappa shape index (κ2) is 5.65. The first kappa shape index (κ1) is 15.5. The molecule has 3 aliphatic rings. The highest BCUT2D eigenvalue weighted by molar-refractivity contribution is 5.82. The molecule has 0 fully saturated rings. The summed E-state index contributed by atoms with van der Waals surface area (Å²) < 4.78 is 0. The zero-order valence-electron chi connectivity index (χ0n) is 13.0. The van der Waals surface area contributed by atoms with E-state index >= 15 is 0 Å². The molecule has 0 aromatic rings. The Balaban J connectivity index is 2.39. The Kier molecular flexibility index (Phi) is 3.64. The number of hydrogen-bond donors (Lipinski definition) is 2. The molecule has 0 aromatic heterocycles. The third-order valence-electron chi connectivity index (χ3n) is 3.44. The number of fused-ring (bicyclic) bond motifs is 3. The standard InChI is InChI=1S/C16H14N4O4/c1-9(21)17-11-3-5-13-14-6-4-12(18-10(2)22)8-16(14)20(24)19(23)15(13)7-11/h3-8,23-24H,1-2H3. The number of carbonyl (C=O) groups excluding carboxylic acids is 2. The lowest BCUT2D eigenvalue weighted by molar-refractivity contribution is -0.116. The van der Waals surface area contributed by atoms with Crippen LogP contribution in [0.5, 0.6) is 0 Å². The Labute approximate surface area is 135 Å². The number of hydrogen-bond acceptors (Lipinski definition) is 4. The molecule has 0 radical (unpaired) electrons. The lowest BCUT2D eigenvalue weighted by Crippen LogP contribution is -2.22. The molecule has 0 spiro atoms. The average molecular weight is 326 g/mol. The van der Waals surface area contributed by atoms with Gasteiger partial charge in [0, 0.05) is 25.0 Å². The fourth-order valence-electron chi connectivity index (χ4n) is 2.53. The van der Waals surface area contributed by atoms with Crippen LogP contribution >= 0.6 is 0 Å². The van der Waals surface area contributed by atoms with Gasteiger partial charge in [-0.3, -0.25) is 9.59 Å². The van der Waals surface area contributed by atoms with Crippen LogP contribution in [0.3, 0.4) is 0 Å². The number of amides is 2. The first-order valence-corrected chi connectivity index (χ1v) is 7.08. The summed E-state index contributed by atoms with van der Waals surface area (Å²) in [5.74, 6) is -0.737. The van der Waals surface area contributed by atoms with Crippen molar-refractivity contribution in [3.63, 3.8) is 0 Å². The van der Waals surface area contributed by atoms with Crippen LogP contribution in [0.2, 0.25) is 0 Å². The van der Waals surface area contributed by atoms with Crippen molar-refractivity contribution in [2.24, 2.45) is 9.98 Å². The van der Waals surface area contributed by atoms with Gasteiger partial charge in [-0.1, -0.05) is 9.69 Å². The summed E-state index contributed by atoms with van der Waals surface area (Å²) in [5.41, 5.74) is 1.80. The fourth-order valence-corrected chi connectivity index (χ4v) is 2.53. The maximum absolute atomic E-state index is 11.1. The highest BCUT2D eigenvalue weighted by Crippen LogP contribution is 2.32. The average Bonchev–Trinajstić information content (AvgIpc) is 2.51. The Morgan fingerprint density at radius 2 is 1.17 bits per heavy atom. The monoisotopic (exact) mass is 326 g/mol. The molecule has 0 saturated carbocycles. The number of carbonyl (C=O) groups is 2. The van der Waals surface area contributed by atoms with Crippen LogP contribution in [0.15, 0.2) is 46.4 Å². The summed E-state index contributed by atoms with van der Waals surface area (Å²) >= 11 is 0. The van der Waals surface area contributed by atoms with E-state index in [-0.39, 0.29) is 23.2 Å². The van der Waals surface area contributed by atoms with Gasteiger partial charge in [-0.25, -0.2) is 9.98 Å². The fraction of sp³-hybridized carbons (Fsp3) is 0.125. The zero-order chi connectivity index (χ0) is 17.4. The van der Waals surface area contributed by atoms with Gasteiger partial charge in [0.25, 0.3) is 0 Å². The maximum atomic E-state index is 11.1. The normalized spacial score (nSPS) is 12.9. The van der Waals surface area contributed by atoms with E-state index in [1.54, 1.807) is 24.3 Å². The van der Waals surface area contributed by atoms with Crippen molar-refractivity contribution >= 4 is 11.8 Å². The van der Waals surface area contributed by atoms with Crippen LogP contribution in [-0.4, -0.2) is 31.9 Å². The van der Waals surface area contributed by atoms with E-state index in [4.69, 9.17) is 0 Å². The highest BCUT2D eigenvalue weighted by Gasteiger charge is 2.20. The Morgan fingerprint density at radius 1 is 0.792 bits per heavy atom. The molecular weight excluding hydrogens is 312 g/mol. The van der Waals surface area contributed by atoms with Gasteiger partial charge >= 0.3 is 0 Å². The van der Waals surface area contributed by atoms with Gasteiger partial charge in [-0.15, -0.1) is 0 Å². The van der Waals surface area contributed by atoms with E-state index in [0.29, 0.717) is 31.5 Å². The first-order chi connectivity index (χ1) is 11.4. The predicted molar refractivity (Wildman–Crippen MR) is 82.5 cm³/mol. The van der Waals surface area contributed by atoms with E-state index in [9.17, 15) is 20.0 Å². The van der Waals surface area contributed by atoms with Crippen LogP contribution in [0.1, 0.15) is 13.8 Å². The van der Waals surface area contributed by atoms with Crippen LogP contribution < -0.4 is 10.7 Å². The molecule has 1 aliphatic heterocycles. The number of nitrogens with zero attached hydrogens (tertiary/aromatic N) is 4. The summed E-state index contributed by atoms with van der Waals surface area (Å²) in [6.07, 6.45) is 0. The van der Waals surface area contributed by atoms with E-state index in [2.05, 4.69) is 9.98 Å². The molecule has 2 amide bonds. The number of benzene rings is 2.